The van der Waals surface area contributed by atoms with E-state index in [-0.39, 0.29) is 5.69 Å². The molecule has 1 aromatic heterocycles. The molecule has 2 amide bonds. The Hall–Kier alpha value is -3.49. The lowest BCUT2D eigenvalue weighted by Crippen LogP contribution is -2.35. The van der Waals surface area contributed by atoms with Crippen LogP contribution in [0.4, 0.5) is 18.9 Å². The van der Waals surface area contributed by atoms with Crippen LogP contribution in [0.3, 0.4) is 0 Å². The Balaban J connectivity index is 1.76. The van der Waals surface area contributed by atoms with Crippen LogP contribution in [0.25, 0.3) is 11.0 Å². The van der Waals surface area contributed by atoms with Gasteiger partial charge in [0.05, 0.1) is 40.2 Å². The van der Waals surface area contributed by atoms with Crippen LogP contribution in [-0.4, -0.2) is 40.3 Å². The number of hydrogen-bond acceptors (Lipinski definition) is 4. The fourth-order valence-corrected chi connectivity index (χ4v) is 3.36. The van der Waals surface area contributed by atoms with E-state index in [4.69, 9.17) is 0 Å². The number of alkyl halides is 3. The molecule has 9 heteroatoms. The van der Waals surface area contributed by atoms with Gasteiger partial charge in [0, 0.05) is 12.6 Å². The van der Waals surface area contributed by atoms with E-state index in [9.17, 15) is 22.8 Å². The number of nitrogens with zero attached hydrogens (tertiary/aromatic N) is 3. The number of nitrogens with one attached hydrogen (secondary N) is 1. The van der Waals surface area contributed by atoms with E-state index < -0.39 is 30.1 Å². The van der Waals surface area contributed by atoms with Crippen molar-refractivity contribution in [3.63, 3.8) is 0 Å². The second kappa shape index (κ2) is 9.33. The molecule has 0 saturated carbocycles. The Morgan fingerprint density at radius 2 is 1.59 bits per heavy atom. The highest BCUT2D eigenvalue weighted by molar-refractivity contribution is 6.01. The van der Waals surface area contributed by atoms with Crippen molar-refractivity contribution >= 4 is 28.5 Å². The predicted octanol–water partition coefficient (Wildman–Crippen LogP) is 4.48. The fourth-order valence-electron chi connectivity index (χ4n) is 3.36. The van der Waals surface area contributed by atoms with Crippen molar-refractivity contribution in [3.8, 4) is 0 Å². The van der Waals surface area contributed by atoms with Gasteiger partial charge in [0.25, 0.3) is 5.91 Å². The first-order chi connectivity index (χ1) is 15.1. The molecule has 0 bridgehead atoms. The molecule has 0 aliphatic heterocycles. The Morgan fingerprint density at radius 3 is 2.22 bits per heavy atom. The van der Waals surface area contributed by atoms with Gasteiger partial charge in [-0.2, -0.15) is 13.2 Å². The van der Waals surface area contributed by atoms with Gasteiger partial charge in [-0.3, -0.25) is 9.59 Å². The van der Waals surface area contributed by atoms with Gasteiger partial charge in [0.2, 0.25) is 5.91 Å². The molecule has 0 aliphatic carbocycles. The summed E-state index contributed by atoms with van der Waals surface area (Å²) >= 11 is 0. The highest BCUT2D eigenvalue weighted by atomic mass is 19.4. The number of amides is 2. The summed E-state index contributed by atoms with van der Waals surface area (Å²) in [5.74, 6) is -1.19. The van der Waals surface area contributed by atoms with Crippen LogP contribution in [-0.2, 0) is 23.8 Å². The second-order valence-electron chi connectivity index (χ2n) is 7.28. The molecule has 3 aromatic rings. The third-order valence-electron chi connectivity index (χ3n) is 4.97. The van der Waals surface area contributed by atoms with Crippen molar-refractivity contribution in [2.24, 2.45) is 0 Å². The van der Waals surface area contributed by atoms with E-state index in [1.165, 1.54) is 25.2 Å². The summed E-state index contributed by atoms with van der Waals surface area (Å²) in [6.07, 6.45) is -3.14. The molecule has 6 nitrogen and oxygen atoms in total. The number of para-hydroxylation sites is 1. The zero-order valence-electron chi connectivity index (χ0n) is 18.0. The van der Waals surface area contributed by atoms with E-state index in [0.717, 1.165) is 28.8 Å². The van der Waals surface area contributed by atoms with Crippen LogP contribution in [0.2, 0.25) is 0 Å². The molecule has 1 heterocycles. The molecular weight excluding hydrogens is 421 g/mol. The Labute approximate surface area is 183 Å². The summed E-state index contributed by atoms with van der Waals surface area (Å²) in [7, 11) is 1.41. The van der Waals surface area contributed by atoms with Gasteiger partial charge in [-0.25, -0.2) is 9.97 Å². The largest absolute Gasteiger partial charge is 0.418 e. The summed E-state index contributed by atoms with van der Waals surface area (Å²) in [6.45, 7) is 3.57. The van der Waals surface area contributed by atoms with Crippen molar-refractivity contribution < 1.29 is 22.8 Å². The Bertz CT molecular complexity index is 1160. The normalized spacial score (nSPS) is 11.4. The Kier molecular flexibility index (Phi) is 6.76. The molecule has 0 radical (unpaired) electrons. The number of benzene rings is 2. The second-order valence-corrected chi connectivity index (χ2v) is 7.28. The van der Waals surface area contributed by atoms with Crippen LogP contribution in [0.5, 0.6) is 0 Å². The van der Waals surface area contributed by atoms with E-state index >= 15 is 0 Å². The zero-order chi connectivity index (χ0) is 23.5. The number of anilines is 1. The molecule has 168 valence electrons. The van der Waals surface area contributed by atoms with Gasteiger partial charge in [-0.05, 0) is 43.2 Å². The maximum atomic E-state index is 13.1. The monoisotopic (exact) mass is 444 g/mol. The molecule has 0 saturated heterocycles. The van der Waals surface area contributed by atoms with Crippen LogP contribution < -0.4 is 5.32 Å². The SMILES string of the molecule is CCc1nc2ccc(C(=O)N(C)CC(=O)Nc3ccccc3C(F)(F)F)cc2nc1CC. The number of hydrogen-bond donors (Lipinski definition) is 1. The number of likely N-dealkylation sites (N-methyl/N-ethyl adjacent to an activating group) is 1. The summed E-state index contributed by atoms with van der Waals surface area (Å²) in [6, 6.07) is 9.58. The van der Waals surface area contributed by atoms with Crippen LogP contribution in [0.15, 0.2) is 42.5 Å². The third-order valence-corrected chi connectivity index (χ3v) is 4.97. The predicted molar refractivity (Wildman–Crippen MR) is 115 cm³/mol. The summed E-state index contributed by atoms with van der Waals surface area (Å²) in [5, 5.41) is 2.24. The van der Waals surface area contributed by atoms with Crippen molar-refractivity contribution in [2.75, 3.05) is 18.9 Å². The molecule has 0 unspecified atom stereocenters. The lowest BCUT2D eigenvalue weighted by atomic mass is 10.1. The third kappa shape index (κ3) is 5.04. The number of rotatable bonds is 6. The van der Waals surface area contributed by atoms with Crippen LogP contribution in [0, 0.1) is 0 Å². The van der Waals surface area contributed by atoms with Gasteiger partial charge in [-0.15, -0.1) is 0 Å². The molecule has 3 rings (SSSR count). The van der Waals surface area contributed by atoms with Gasteiger partial charge in [0.1, 0.15) is 0 Å². The van der Waals surface area contributed by atoms with E-state index in [2.05, 4.69) is 15.3 Å². The topological polar surface area (TPSA) is 75.2 Å². The zero-order valence-corrected chi connectivity index (χ0v) is 18.0. The standard InChI is InChI=1S/C23H23F3N4O2/c1-4-16-17(5-2)28-20-12-14(10-11-19(20)27-16)22(32)30(3)13-21(31)29-18-9-7-6-8-15(18)23(24,25)26/h6-12H,4-5,13H2,1-3H3,(H,29,31). The van der Waals surface area contributed by atoms with Crippen molar-refractivity contribution in [3.05, 3.63) is 65.0 Å². The lowest BCUT2D eigenvalue weighted by molar-refractivity contribution is -0.137. The molecule has 0 aliphatic rings. The highest BCUT2D eigenvalue weighted by Gasteiger charge is 2.33. The number of carbonyl (C=O) groups excluding carboxylic acids is 2. The number of aromatic nitrogens is 2. The maximum absolute atomic E-state index is 13.1. The number of carbonyl (C=O) groups is 2. The minimum atomic E-state index is -4.60. The lowest BCUT2D eigenvalue weighted by Gasteiger charge is -2.18. The highest BCUT2D eigenvalue weighted by Crippen LogP contribution is 2.34. The Morgan fingerprint density at radius 1 is 0.969 bits per heavy atom. The summed E-state index contributed by atoms with van der Waals surface area (Å²) in [4.78, 5) is 35.4. The van der Waals surface area contributed by atoms with Gasteiger partial charge in [-0.1, -0.05) is 26.0 Å². The molecule has 0 atom stereocenters. The average molecular weight is 444 g/mol. The maximum Gasteiger partial charge on any atom is 0.418 e. The van der Waals surface area contributed by atoms with Crippen molar-refractivity contribution in [1.29, 1.82) is 0 Å². The minimum absolute atomic E-state index is 0.309. The molecule has 0 fully saturated rings. The van der Waals surface area contributed by atoms with E-state index in [1.54, 1.807) is 18.2 Å². The van der Waals surface area contributed by atoms with E-state index in [1.807, 2.05) is 13.8 Å². The minimum Gasteiger partial charge on any atom is -0.332 e. The smallest absolute Gasteiger partial charge is 0.332 e. The van der Waals surface area contributed by atoms with Gasteiger partial charge < -0.3 is 10.2 Å². The van der Waals surface area contributed by atoms with Gasteiger partial charge in [0.15, 0.2) is 0 Å². The van der Waals surface area contributed by atoms with Gasteiger partial charge >= 0.3 is 6.18 Å². The summed E-state index contributed by atoms with van der Waals surface area (Å²) in [5.41, 5.74) is 2.01. The first-order valence-electron chi connectivity index (χ1n) is 10.1. The number of aryl methyl sites for hydroxylation is 2. The molecule has 32 heavy (non-hydrogen) atoms. The molecular formula is C23H23F3N4O2. The molecule has 2 aromatic carbocycles. The quantitative estimate of drug-likeness (QED) is 0.608. The average Bonchev–Trinajstić information content (AvgIpc) is 2.76. The van der Waals surface area contributed by atoms with Crippen molar-refractivity contribution in [1.82, 2.24) is 14.9 Å². The first kappa shape index (κ1) is 23.2. The molecule has 1 N–H and O–H groups in total. The van der Waals surface area contributed by atoms with E-state index in [0.29, 0.717) is 23.0 Å². The fraction of sp³-hybridized carbons (Fsp3) is 0.304. The van der Waals surface area contributed by atoms with Crippen LogP contribution in [0.1, 0.15) is 41.2 Å². The number of halogens is 3. The summed E-state index contributed by atoms with van der Waals surface area (Å²) < 4.78 is 39.3. The first-order valence-corrected chi connectivity index (χ1v) is 10.1. The molecule has 0 spiro atoms. The van der Waals surface area contributed by atoms with Crippen LogP contribution >= 0.6 is 0 Å². The number of fused-ring (bicyclic) bond motifs is 1. The van der Waals surface area contributed by atoms with Crippen molar-refractivity contribution in [2.45, 2.75) is 32.9 Å².